The van der Waals surface area contributed by atoms with E-state index >= 15 is 0 Å². The first-order valence-electron chi connectivity index (χ1n) is 8.29. The number of pyridine rings is 1. The van der Waals surface area contributed by atoms with Crippen molar-refractivity contribution in [1.82, 2.24) is 9.88 Å². The second-order valence-corrected chi connectivity index (χ2v) is 6.36. The van der Waals surface area contributed by atoms with Crippen molar-refractivity contribution in [2.45, 2.75) is 19.4 Å². The predicted molar refractivity (Wildman–Crippen MR) is 90.3 cm³/mol. The molecule has 2 aliphatic heterocycles. The van der Waals surface area contributed by atoms with E-state index in [0.717, 1.165) is 17.8 Å². The van der Waals surface area contributed by atoms with Crippen molar-refractivity contribution in [1.29, 1.82) is 0 Å². The molecule has 5 nitrogen and oxygen atoms in total. The maximum atomic E-state index is 12.9. The topological polar surface area (TPSA) is 53.5 Å². The smallest absolute Gasteiger partial charge is 0.232 e. The zero-order valence-corrected chi connectivity index (χ0v) is 13.4. The van der Waals surface area contributed by atoms with E-state index in [-0.39, 0.29) is 17.7 Å². The third-order valence-electron chi connectivity index (χ3n) is 4.80. The number of para-hydroxylation sites is 1. The molecule has 0 bridgehead atoms. The molecule has 0 spiro atoms. The normalized spacial score (nSPS) is 19.7. The van der Waals surface area contributed by atoms with Gasteiger partial charge in [0.1, 0.15) is 0 Å². The van der Waals surface area contributed by atoms with Crippen LogP contribution >= 0.6 is 0 Å². The Bertz CT molecular complexity index is 775. The van der Waals surface area contributed by atoms with Gasteiger partial charge in [0.2, 0.25) is 11.8 Å². The lowest BCUT2D eigenvalue weighted by atomic mass is 10.1. The van der Waals surface area contributed by atoms with E-state index < -0.39 is 0 Å². The van der Waals surface area contributed by atoms with Gasteiger partial charge in [0.05, 0.1) is 18.2 Å². The van der Waals surface area contributed by atoms with Crippen LogP contribution in [-0.4, -0.2) is 34.8 Å². The van der Waals surface area contributed by atoms with Gasteiger partial charge in [-0.05, 0) is 30.2 Å². The van der Waals surface area contributed by atoms with Crippen LogP contribution in [0.15, 0.2) is 48.7 Å². The number of amides is 2. The summed E-state index contributed by atoms with van der Waals surface area (Å²) in [4.78, 5) is 33.0. The van der Waals surface area contributed by atoms with Crippen LogP contribution in [-0.2, 0) is 22.6 Å². The van der Waals surface area contributed by atoms with Crippen LogP contribution in [0, 0.1) is 5.92 Å². The average Bonchev–Trinajstić information content (AvgIpc) is 3.19. The number of hydrogen-bond donors (Lipinski definition) is 0. The van der Waals surface area contributed by atoms with Crippen LogP contribution in [0.3, 0.4) is 0 Å². The molecule has 0 radical (unpaired) electrons. The zero-order chi connectivity index (χ0) is 16.5. The molecule has 1 saturated heterocycles. The molecular weight excluding hydrogens is 302 g/mol. The number of carbonyl (C=O) groups is 2. The van der Waals surface area contributed by atoms with E-state index in [1.807, 2.05) is 41.3 Å². The number of anilines is 1. The molecule has 3 heterocycles. The molecule has 1 fully saturated rings. The van der Waals surface area contributed by atoms with E-state index in [2.05, 4.69) is 11.1 Å². The maximum Gasteiger partial charge on any atom is 0.232 e. The number of benzene rings is 1. The third-order valence-corrected chi connectivity index (χ3v) is 4.80. The number of hydrogen-bond acceptors (Lipinski definition) is 3. The highest BCUT2D eigenvalue weighted by atomic mass is 16.2. The summed E-state index contributed by atoms with van der Waals surface area (Å²) in [6.45, 7) is 1.66. The van der Waals surface area contributed by atoms with Gasteiger partial charge in [-0.3, -0.25) is 14.6 Å². The highest BCUT2D eigenvalue weighted by molar-refractivity contribution is 6.00. The van der Waals surface area contributed by atoms with Crippen LogP contribution < -0.4 is 4.90 Å². The van der Waals surface area contributed by atoms with Gasteiger partial charge in [-0.15, -0.1) is 0 Å². The lowest BCUT2D eigenvalue weighted by molar-refractivity contribution is -0.128. The van der Waals surface area contributed by atoms with E-state index in [1.165, 1.54) is 5.56 Å². The maximum absolute atomic E-state index is 12.9. The van der Waals surface area contributed by atoms with Crippen molar-refractivity contribution in [3.8, 4) is 0 Å². The standard InChI is InChI=1S/C19H19N3O2/c23-18-11-15(12-21(18)13-16-6-3-4-9-20-16)19(24)22-10-8-14-5-1-2-7-17(14)22/h1-7,9,15H,8,10-13H2. The molecule has 1 atom stereocenters. The van der Waals surface area contributed by atoms with Gasteiger partial charge in [0, 0.05) is 31.4 Å². The largest absolute Gasteiger partial charge is 0.336 e. The summed E-state index contributed by atoms with van der Waals surface area (Å²) >= 11 is 0. The predicted octanol–water partition coefficient (Wildman–Crippen LogP) is 2.02. The molecule has 1 aromatic carbocycles. The fraction of sp³-hybridized carbons (Fsp3) is 0.316. The SMILES string of the molecule is O=C1CC(C(=O)N2CCc3ccccc32)CN1Cc1ccccn1. The Morgan fingerprint density at radius 1 is 1.17 bits per heavy atom. The van der Waals surface area contributed by atoms with Crippen LogP contribution in [0.1, 0.15) is 17.7 Å². The molecule has 0 aliphatic carbocycles. The van der Waals surface area contributed by atoms with Gasteiger partial charge in [-0.25, -0.2) is 0 Å². The summed E-state index contributed by atoms with van der Waals surface area (Å²) in [5.74, 6) is -0.157. The minimum absolute atomic E-state index is 0.0338. The molecule has 1 unspecified atom stereocenters. The van der Waals surface area contributed by atoms with Crippen LogP contribution in [0.4, 0.5) is 5.69 Å². The van der Waals surface area contributed by atoms with Gasteiger partial charge in [0.25, 0.3) is 0 Å². The molecule has 0 saturated carbocycles. The number of nitrogens with zero attached hydrogens (tertiary/aromatic N) is 3. The van der Waals surface area contributed by atoms with Gasteiger partial charge in [0.15, 0.2) is 0 Å². The molecule has 24 heavy (non-hydrogen) atoms. The first-order chi connectivity index (χ1) is 11.7. The van der Waals surface area contributed by atoms with E-state index in [9.17, 15) is 9.59 Å². The molecule has 2 amide bonds. The highest BCUT2D eigenvalue weighted by Gasteiger charge is 2.38. The summed E-state index contributed by atoms with van der Waals surface area (Å²) in [6, 6.07) is 13.7. The second kappa shape index (κ2) is 6.07. The minimum atomic E-state index is -0.257. The number of rotatable bonds is 3. The molecule has 122 valence electrons. The molecule has 2 aromatic rings. The Morgan fingerprint density at radius 3 is 2.83 bits per heavy atom. The van der Waals surface area contributed by atoms with Crippen molar-refractivity contribution < 1.29 is 9.59 Å². The number of aromatic nitrogens is 1. The molecule has 4 rings (SSSR count). The fourth-order valence-corrected chi connectivity index (χ4v) is 3.57. The van der Waals surface area contributed by atoms with Crippen molar-refractivity contribution in [2.24, 2.45) is 5.92 Å². The minimum Gasteiger partial charge on any atom is -0.336 e. The van der Waals surface area contributed by atoms with E-state index in [0.29, 0.717) is 26.1 Å². The van der Waals surface area contributed by atoms with E-state index in [4.69, 9.17) is 0 Å². The van der Waals surface area contributed by atoms with Gasteiger partial charge >= 0.3 is 0 Å². The zero-order valence-electron chi connectivity index (χ0n) is 13.4. The van der Waals surface area contributed by atoms with Crippen molar-refractivity contribution in [3.63, 3.8) is 0 Å². The molecule has 0 N–H and O–H groups in total. The van der Waals surface area contributed by atoms with Crippen molar-refractivity contribution in [2.75, 3.05) is 18.0 Å². The van der Waals surface area contributed by atoms with Crippen LogP contribution in [0.5, 0.6) is 0 Å². The second-order valence-electron chi connectivity index (χ2n) is 6.36. The number of carbonyl (C=O) groups excluding carboxylic acids is 2. The van der Waals surface area contributed by atoms with Crippen LogP contribution in [0.25, 0.3) is 0 Å². The van der Waals surface area contributed by atoms with Gasteiger partial charge < -0.3 is 9.80 Å². The molecule has 2 aliphatic rings. The molecular formula is C19H19N3O2. The Labute approximate surface area is 140 Å². The third kappa shape index (κ3) is 2.66. The Morgan fingerprint density at radius 2 is 2.00 bits per heavy atom. The van der Waals surface area contributed by atoms with Crippen molar-refractivity contribution in [3.05, 3.63) is 59.9 Å². The summed E-state index contributed by atoms with van der Waals surface area (Å²) < 4.78 is 0. The quantitative estimate of drug-likeness (QED) is 0.869. The Kier molecular flexibility index (Phi) is 3.76. The number of fused-ring (bicyclic) bond motifs is 1. The lowest BCUT2D eigenvalue weighted by Gasteiger charge is -2.21. The van der Waals surface area contributed by atoms with Gasteiger partial charge in [-0.2, -0.15) is 0 Å². The summed E-state index contributed by atoms with van der Waals surface area (Å²) in [7, 11) is 0. The Balaban J connectivity index is 1.46. The average molecular weight is 321 g/mol. The summed E-state index contributed by atoms with van der Waals surface area (Å²) in [6.07, 6.45) is 2.91. The molecule has 5 heteroatoms. The Hall–Kier alpha value is -2.69. The first kappa shape index (κ1) is 14.9. The van der Waals surface area contributed by atoms with Crippen LogP contribution in [0.2, 0.25) is 0 Å². The van der Waals surface area contributed by atoms with E-state index in [1.54, 1.807) is 11.1 Å². The summed E-state index contributed by atoms with van der Waals surface area (Å²) in [5, 5.41) is 0. The monoisotopic (exact) mass is 321 g/mol. The van der Waals surface area contributed by atoms with Crippen molar-refractivity contribution >= 4 is 17.5 Å². The highest BCUT2D eigenvalue weighted by Crippen LogP contribution is 2.31. The first-order valence-corrected chi connectivity index (χ1v) is 8.29. The fourth-order valence-electron chi connectivity index (χ4n) is 3.57. The van der Waals surface area contributed by atoms with Gasteiger partial charge in [-0.1, -0.05) is 24.3 Å². The lowest BCUT2D eigenvalue weighted by Crippen LogP contribution is -2.36. The number of likely N-dealkylation sites (tertiary alicyclic amines) is 1. The summed E-state index contributed by atoms with van der Waals surface area (Å²) in [5.41, 5.74) is 3.06. The molecule has 1 aromatic heterocycles.